The number of Topliss-reactive ketones (excluding diaryl/α,β-unsaturated/α-hetero) is 1. The third kappa shape index (κ3) is 3.28. The van der Waals surface area contributed by atoms with E-state index in [2.05, 4.69) is 4.98 Å². The first-order chi connectivity index (χ1) is 14.0. The van der Waals surface area contributed by atoms with Gasteiger partial charge in [0.1, 0.15) is 17.6 Å². The topological polar surface area (TPSA) is 79.7 Å². The smallest absolute Gasteiger partial charge is 0.295 e. The second-order valence-corrected chi connectivity index (χ2v) is 7.60. The molecule has 1 saturated carbocycles. The molecule has 0 bridgehead atoms. The number of aliphatic hydroxyl groups is 1. The maximum Gasteiger partial charge on any atom is 0.295 e. The van der Waals surface area contributed by atoms with Gasteiger partial charge in [-0.2, -0.15) is 0 Å². The molecule has 0 spiro atoms. The van der Waals surface area contributed by atoms with Crippen LogP contribution in [0.4, 0.5) is 0 Å². The predicted molar refractivity (Wildman–Crippen MR) is 108 cm³/mol. The third-order valence-corrected chi connectivity index (χ3v) is 5.78. The van der Waals surface area contributed by atoms with Crippen molar-refractivity contribution in [3.8, 4) is 5.75 Å². The number of carbonyl (C=O) groups excluding carboxylic acids is 2. The SMILES string of the molecule is COc1ccc(C)cc1/C(O)=C1\C(=O)C(=O)N(C2CCCC2)C1c1ccccn1. The molecule has 1 aliphatic heterocycles. The summed E-state index contributed by atoms with van der Waals surface area (Å²) >= 11 is 0. The summed E-state index contributed by atoms with van der Waals surface area (Å²) in [5.41, 5.74) is 1.96. The molecule has 6 nitrogen and oxygen atoms in total. The Labute approximate surface area is 169 Å². The van der Waals surface area contributed by atoms with Gasteiger partial charge >= 0.3 is 0 Å². The fourth-order valence-electron chi connectivity index (χ4n) is 4.39. The Bertz CT molecular complexity index is 978. The standard InChI is InChI=1S/C23H24N2O4/c1-14-10-11-18(29-2)16(13-14)21(26)19-20(17-9-5-6-12-24-17)25(23(28)22(19)27)15-7-3-4-8-15/h5-6,9-13,15,20,26H,3-4,7-8H2,1-2H3/b21-19+. The number of nitrogens with zero attached hydrogens (tertiary/aromatic N) is 2. The summed E-state index contributed by atoms with van der Waals surface area (Å²) in [4.78, 5) is 32.1. The lowest BCUT2D eigenvalue weighted by Crippen LogP contribution is -2.37. The van der Waals surface area contributed by atoms with Crippen molar-refractivity contribution in [3.05, 3.63) is 65.0 Å². The largest absolute Gasteiger partial charge is 0.507 e. The molecule has 2 heterocycles. The second kappa shape index (κ2) is 7.70. The molecule has 0 radical (unpaired) electrons. The van der Waals surface area contributed by atoms with Gasteiger partial charge in [-0.3, -0.25) is 14.6 Å². The van der Waals surface area contributed by atoms with E-state index in [1.54, 1.807) is 35.4 Å². The van der Waals surface area contributed by atoms with Crippen LogP contribution < -0.4 is 4.74 Å². The molecule has 1 saturated heterocycles. The molecule has 2 aromatic rings. The van der Waals surface area contributed by atoms with Crippen molar-refractivity contribution in [2.24, 2.45) is 0 Å². The van der Waals surface area contributed by atoms with Crippen molar-refractivity contribution in [2.75, 3.05) is 7.11 Å². The molecule has 1 amide bonds. The van der Waals surface area contributed by atoms with Gasteiger partial charge in [-0.15, -0.1) is 0 Å². The average Bonchev–Trinajstić information content (AvgIpc) is 3.35. The van der Waals surface area contributed by atoms with Gasteiger partial charge in [0.15, 0.2) is 0 Å². The number of methoxy groups -OCH3 is 1. The van der Waals surface area contributed by atoms with Gasteiger partial charge in [0, 0.05) is 12.2 Å². The first kappa shape index (κ1) is 19.2. The van der Waals surface area contributed by atoms with Crippen LogP contribution in [0.25, 0.3) is 5.76 Å². The first-order valence-corrected chi connectivity index (χ1v) is 9.89. The van der Waals surface area contributed by atoms with E-state index in [0.29, 0.717) is 17.0 Å². The molecule has 29 heavy (non-hydrogen) atoms. The van der Waals surface area contributed by atoms with Crippen LogP contribution in [0, 0.1) is 6.92 Å². The average molecular weight is 392 g/mol. The highest BCUT2D eigenvalue weighted by molar-refractivity contribution is 6.46. The van der Waals surface area contributed by atoms with Crippen molar-refractivity contribution in [1.82, 2.24) is 9.88 Å². The van der Waals surface area contributed by atoms with Crippen LogP contribution >= 0.6 is 0 Å². The number of hydrogen-bond donors (Lipinski definition) is 1. The molecule has 2 fully saturated rings. The minimum absolute atomic E-state index is 0.0249. The maximum absolute atomic E-state index is 13.1. The predicted octanol–water partition coefficient (Wildman–Crippen LogP) is 3.76. The lowest BCUT2D eigenvalue weighted by molar-refractivity contribution is -0.141. The number of ether oxygens (including phenoxy) is 1. The van der Waals surface area contributed by atoms with E-state index in [1.807, 2.05) is 19.1 Å². The van der Waals surface area contributed by atoms with Gasteiger partial charge in [0.2, 0.25) is 0 Å². The minimum Gasteiger partial charge on any atom is -0.507 e. The van der Waals surface area contributed by atoms with Crippen LogP contribution in [-0.4, -0.2) is 39.8 Å². The van der Waals surface area contributed by atoms with Crippen LogP contribution in [0.2, 0.25) is 0 Å². The fraction of sp³-hybridized carbons (Fsp3) is 0.348. The van der Waals surface area contributed by atoms with Crippen LogP contribution in [-0.2, 0) is 9.59 Å². The molecule has 4 rings (SSSR count). The van der Waals surface area contributed by atoms with Gasteiger partial charge in [0.05, 0.1) is 23.9 Å². The monoisotopic (exact) mass is 392 g/mol. The Balaban J connectivity index is 1.92. The first-order valence-electron chi connectivity index (χ1n) is 9.89. The number of rotatable bonds is 4. The zero-order valence-electron chi connectivity index (χ0n) is 16.6. The number of benzene rings is 1. The minimum atomic E-state index is -0.704. The van der Waals surface area contributed by atoms with E-state index < -0.39 is 17.7 Å². The highest BCUT2D eigenvalue weighted by Crippen LogP contribution is 2.43. The van der Waals surface area contributed by atoms with Crippen LogP contribution in [0.5, 0.6) is 5.75 Å². The summed E-state index contributed by atoms with van der Waals surface area (Å²) in [5, 5.41) is 11.2. The van der Waals surface area contributed by atoms with E-state index in [9.17, 15) is 14.7 Å². The Morgan fingerprint density at radius 1 is 1.17 bits per heavy atom. The van der Waals surface area contributed by atoms with E-state index in [0.717, 1.165) is 31.2 Å². The molecule has 1 aromatic heterocycles. The maximum atomic E-state index is 13.1. The quantitative estimate of drug-likeness (QED) is 0.487. The molecule has 150 valence electrons. The lowest BCUT2D eigenvalue weighted by atomic mass is 9.96. The van der Waals surface area contributed by atoms with Crippen molar-refractivity contribution < 1.29 is 19.4 Å². The van der Waals surface area contributed by atoms with Crippen molar-refractivity contribution >= 4 is 17.4 Å². The number of aryl methyl sites for hydroxylation is 1. The van der Waals surface area contributed by atoms with E-state index in [4.69, 9.17) is 4.74 Å². The summed E-state index contributed by atoms with van der Waals surface area (Å²) in [5.74, 6) is -1.02. The van der Waals surface area contributed by atoms with E-state index in [-0.39, 0.29) is 17.4 Å². The number of hydrogen-bond acceptors (Lipinski definition) is 5. The molecule has 1 N–H and O–H groups in total. The highest BCUT2D eigenvalue weighted by atomic mass is 16.5. The van der Waals surface area contributed by atoms with Gasteiger partial charge in [-0.1, -0.05) is 30.5 Å². The van der Waals surface area contributed by atoms with E-state index in [1.165, 1.54) is 7.11 Å². The summed E-state index contributed by atoms with van der Waals surface area (Å²) < 4.78 is 5.39. The Hall–Kier alpha value is -3.15. The number of carbonyl (C=O) groups is 2. The van der Waals surface area contributed by atoms with Gasteiger partial charge in [-0.05, 0) is 44.0 Å². The number of aliphatic hydroxyl groups excluding tert-OH is 1. The van der Waals surface area contributed by atoms with Crippen molar-refractivity contribution in [2.45, 2.75) is 44.7 Å². The summed E-state index contributed by atoms with van der Waals surface area (Å²) in [7, 11) is 1.51. The molecule has 1 atom stereocenters. The fourth-order valence-corrected chi connectivity index (χ4v) is 4.39. The van der Waals surface area contributed by atoms with Crippen LogP contribution in [0.1, 0.15) is 48.5 Å². The molecular formula is C23H24N2O4. The Kier molecular flexibility index (Phi) is 5.09. The van der Waals surface area contributed by atoms with Crippen LogP contribution in [0.15, 0.2) is 48.2 Å². The van der Waals surface area contributed by atoms with Gasteiger partial charge in [-0.25, -0.2) is 0 Å². The van der Waals surface area contributed by atoms with Crippen LogP contribution in [0.3, 0.4) is 0 Å². The zero-order chi connectivity index (χ0) is 20.5. The molecule has 1 aliphatic carbocycles. The van der Waals surface area contributed by atoms with E-state index >= 15 is 0 Å². The number of amides is 1. The second-order valence-electron chi connectivity index (χ2n) is 7.60. The zero-order valence-corrected chi connectivity index (χ0v) is 16.6. The highest BCUT2D eigenvalue weighted by Gasteiger charge is 2.49. The molecule has 2 aliphatic rings. The number of aromatic nitrogens is 1. The van der Waals surface area contributed by atoms with Crippen molar-refractivity contribution in [1.29, 1.82) is 0 Å². The lowest BCUT2D eigenvalue weighted by Gasteiger charge is -2.30. The molecular weight excluding hydrogens is 368 g/mol. The molecule has 1 aromatic carbocycles. The van der Waals surface area contributed by atoms with Gasteiger partial charge in [0.25, 0.3) is 11.7 Å². The summed E-state index contributed by atoms with van der Waals surface area (Å²) in [6.07, 6.45) is 5.38. The molecule has 6 heteroatoms. The Morgan fingerprint density at radius 2 is 1.93 bits per heavy atom. The Morgan fingerprint density at radius 3 is 2.59 bits per heavy atom. The number of pyridine rings is 1. The molecule has 1 unspecified atom stereocenters. The van der Waals surface area contributed by atoms with Gasteiger partial charge < -0.3 is 14.7 Å². The summed E-state index contributed by atoms with van der Waals surface area (Å²) in [6.45, 7) is 1.89. The third-order valence-electron chi connectivity index (χ3n) is 5.78. The van der Waals surface area contributed by atoms with Crippen molar-refractivity contribution in [3.63, 3.8) is 0 Å². The number of ketones is 1. The normalized spacial score (nSPS) is 21.7. The number of likely N-dealkylation sites (tertiary alicyclic amines) is 1. The summed E-state index contributed by atoms with van der Waals surface area (Å²) in [6, 6.07) is 10.0.